The van der Waals surface area contributed by atoms with Crippen molar-refractivity contribution in [2.24, 2.45) is 5.92 Å². The Hall–Kier alpha value is -1.66. The van der Waals surface area contributed by atoms with Gasteiger partial charge in [-0.1, -0.05) is 11.6 Å². The van der Waals surface area contributed by atoms with Crippen molar-refractivity contribution in [1.82, 2.24) is 10.2 Å². The average Bonchev–Trinajstić information content (AvgIpc) is 2.44. The molecule has 0 aromatic heterocycles. The lowest BCUT2D eigenvalue weighted by Gasteiger charge is -2.31. The highest BCUT2D eigenvalue weighted by atomic mass is 35.5. The first-order valence-electron chi connectivity index (χ1n) is 8.43. The number of benzene rings is 1. The molecule has 25 heavy (non-hydrogen) atoms. The molecule has 2 rings (SSSR count). The topological polar surface area (TPSA) is 61.4 Å². The van der Waals surface area contributed by atoms with Gasteiger partial charge in [-0.3, -0.25) is 14.5 Å². The molecule has 1 heterocycles. The Labute approximate surface area is 152 Å². The summed E-state index contributed by atoms with van der Waals surface area (Å²) in [6, 6.07) is 3.96. The third kappa shape index (κ3) is 6.63. The van der Waals surface area contributed by atoms with Crippen LogP contribution in [0.5, 0.6) is 0 Å². The molecule has 7 heteroatoms. The molecule has 1 aliphatic heterocycles. The first kappa shape index (κ1) is 19.7. The summed E-state index contributed by atoms with van der Waals surface area (Å²) < 4.78 is 13.3. The Morgan fingerprint density at radius 3 is 2.44 bits per heavy atom. The van der Waals surface area contributed by atoms with E-state index in [0.717, 1.165) is 0 Å². The summed E-state index contributed by atoms with van der Waals surface area (Å²) in [5, 5.41) is 5.90. The third-order valence-electron chi connectivity index (χ3n) is 3.97. The Bertz CT molecular complexity index is 617. The summed E-state index contributed by atoms with van der Waals surface area (Å²) in [4.78, 5) is 26.3. The Morgan fingerprint density at radius 1 is 1.24 bits per heavy atom. The maximum atomic E-state index is 13.3. The zero-order chi connectivity index (χ0) is 18.6. The number of anilines is 1. The maximum Gasteiger partial charge on any atom is 0.234 e. The maximum absolute atomic E-state index is 13.3. The number of halogens is 2. The molecule has 2 N–H and O–H groups in total. The molecule has 138 valence electrons. The molecule has 1 aliphatic rings. The Kier molecular flexibility index (Phi) is 6.41. The summed E-state index contributed by atoms with van der Waals surface area (Å²) in [7, 11) is 0. The average molecular weight is 370 g/mol. The monoisotopic (exact) mass is 369 g/mol. The molecule has 5 nitrogen and oxygen atoms in total. The van der Waals surface area contributed by atoms with Crippen molar-refractivity contribution in [2.75, 3.05) is 25.0 Å². The van der Waals surface area contributed by atoms with E-state index in [9.17, 15) is 14.0 Å². The smallest absolute Gasteiger partial charge is 0.234 e. The van der Waals surface area contributed by atoms with Crippen LogP contribution in [0.4, 0.5) is 10.1 Å². The van der Waals surface area contributed by atoms with Gasteiger partial charge in [0.2, 0.25) is 11.8 Å². The van der Waals surface area contributed by atoms with Crippen LogP contribution >= 0.6 is 11.6 Å². The van der Waals surface area contributed by atoms with Gasteiger partial charge in [0.1, 0.15) is 5.82 Å². The lowest BCUT2D eigenvalue weighted by Crippen LogP contribution is -2.48. The van der Waals surface area contributed by atoms with Crippen LogP contribution in [0.1, 0.15) is 33.6 Å². The summed E-state index contributed by atoms with van der Waals surface area (Å²) in [6.07, 6.45) is 1.33. The van der Waals surface area contributed by atoms with Gasteiger partial charge < -0.3 is 10.6 Å². The second-order valence-corrected chi connectivity index (χ2v) is 7.93. The van der Waals surface area contributed by atoms with Crippen LogP contribution in [-0.4, -0.2) is 41.9 Å². The van der Waals surface area contributed by atoms with E-state index in [-0.39, 0.29) is 28.3 Å². The predicted molar refractivity (Wildman–Crippen MR) is 97.1 cm³/mol. The summed E-state index contributed by atoms with van der Waals surface area (Å²) in [5.74, 6) is -0.781. The number of hydrogen-bond donors (Lipinski definition) is 2. The van der Waals surface area contributed by atoms with Crippen molar-refractivity contribution in [1.29, 1.82) is 0 Å². The summed E-state index contributed by atoms with van der Waals surface area (Å²) >= 11 is 5.80. The van der Waals surface area contributed by atoms with Gasteiger partial charge >= 0.3 is 0 Å². The predicted octanol–water partition coefficient (Wildman–Crippen LogP) is 3.04. The lowest BCUT2D eigenvalue weighted by molar-refractivity contribution is -0.124. The van der Waals surface area contributed by atoms with Crippen molar-refractivity contribution >= 4 is 29.1 Å². The molecule has 0 saturated carbocycles. The number of piperidine rings is 1. The van der Waals surface area contributed by atoms with E-state index in [1.807, 2.05) is 25.7 Å². The SMILES string of the molecule is CC(C)(C)NC(=O)CN1CCC(C(=O)Nc2cc(F)cc(Cl)c2)CC1. The van der Waals surface area contributed by atoms with E-state index in [1.165, 1.54) is 18.2 Å². The molecule has 0 aliphatic carbocycles. The highest BCUT2D eigenvalue weighted by molar-refractivity contribution is 6.30. The molecule has 0 unspecified atom stereocenters. The van der Waals surface area contributed by atoms with Crippen molar-refractivity contribution in [3.05, 3.63) is 29.0 Å². The van der Waals surface area contributed by atoms with Gasteiger partial charge in [-0.05, 0) is 64.9 Å². The van der Waals surface area contributed by atoms with E-state index in [1.54, 1.807) is 0 Å². The number of carbonyl (C=O) groups excluding carboxylic acids is 2. The number of carbonyl (C=O) groups is 2. The number of nitrogens with zero attached hydrogens (tertiary/aromatic N) is 1. The molecule has 0 radical (unpaired) electrons. The minimum Gasteiger partial charge on any atom is -0.350 e. The fraction of sp³-hybridized carbons (Fsp3) is 0.556. The fourth-order valence-corrected chi connectivity index (χ4v) is 3.11. The number of nitrogens with one attached hydrogen (secondary N) is 2. The van der Waals surface area contributed by atoms with Gasteiger partial charge in [0.15, 0.2) is 0 Å². The second-order valence-electron chi connectivity index (χ2n) is 7.50. The van der Waals surface area contributed by atoms with E-state index in [4.69, 9.17) is 11.6 Å². The zero-order valence-corrected chi connectivity index (χ0v) is 15.6. The second kappa shape index (κ2) is 8.15. The van der Waals surface area contributed by atoms with Crippen LogP contribution in [-0.2, 0) is 9.59 Å². The number of amides is 2. The fourth-order valence-electron chi connectivity index (χ4n) is 2.88. The number of likely N-dealkylation sites (tertiary alicyclic amines) is 1. The van der Waals surface area contributed by atoms with Gasteiger partial charge in [0.25, 0.3) is 0 Å². The van der Waals surface area contributed by atoms with Crippen LogP contribution in [0.3, 0.4) is 0 Å². The molecular formula is C18H25ClFN3O2. The lowest BCUT2D eigenvalue weighted by atomic mass is 9.95. The third-order valence-corrected chi connectivity index (χ3v) is 4.19. The van der Waals surface area contributed by atoms with Gasteiger partial charge in [-0.15, -0.1) is 0 Å². The zero-order valence-electron chi connectivity index (χ0n) is 14.9. The molecule has 0 spiro atoms. The van der Waals surface area contributed by atoms with Crippen molar-refractivity contribution < 1.29 is 14.0 Å². The van der Waals surface area contributed by atoms with Crippen LogP contribution in [0, 0.1) is 11.7 Å². The first-order chi connectivity index (χ1) is 11.6. The van der Waals surface area contributed by atoms with E-state index < -0.39 is 5.82 Å². The van der Waals surface area contributed by atoms with Crippen LogP contribution < -0.4 is 10.6 Å². The largest absolute Gasteiger partial charge is 0.350 e. The molecule has 1 saturated heterocycles. The van der Waals surface area contributed by atoms with Gasteiger partial charge in [0.05, 0.1) is 6.54 Å². The van der Waals surface area contributed by atoms with E-state index in [0.29, 0.717) is 38.2 Å². The van der Waals surface area contributed by atoms with Crippen molar-refractivity contribution in [3.63, 3.8) is 0 Å². The van der Waals surface area contributed by atoms with Crippen molar-refractivity contribution in [3.8, 4) is 0 Å². The standard InChI is InChI=1S/C18H25ClFN3O2/c1-18(2,3)22-16(24)11-23-6-4-12(5-7-23)17(25)21-15-9-13(19)8-14(20)10-15/h8-10,12H,4-7,11H2,1-3H3,(H,21,25)(H,22,24). The molecule has 0 bridgehead atoms. The molecule has 0 atom stereocenters. The van der Waals surface area contributed by atoms with E-state index >= 15 is 0 Å². The molecule has 2 amide bonds. The summed E-state index contributed by atoms with van der Waals surface area (Å²) in [6.45, 7) is 7.53. The van der Waals surface area contributed by atoms with Gasteiger partial charge in [0, 0.05) is 22.2 Å². The minimum atomic E-state index is -0.484. The summed E-state index contributed by atoms with van der Waals surface area (Å²) in [5.41, 5.74) is 0.114. The highest BCUT2D eigenvalue weighted by Crippen LogP contribution is 2.22. The quantitative estimate of drug-likeness (QED) is 0.857. The number of rotatable bonds is 4. The van der Waals surface area contributed by atoms with Crippen LogP contribution in [0.15, 0.2) is 18.2 Å². The molecular weight excluding hydrogens is 345 g/mol. The van der Waals surface area contributed by atoms with Crippen molar-refractivity contribution in [2.45, 2.75) is 39.2 Å². The van der Waals surface area contributed by atoms with Crippen LogP contribution in [0.25, 0.3) is 0 Å². The molecule has 1 fully saturated rings. The normalized spacial score (nSPS) is 16.5. The first-order valence-corrected chi connectivity index (χ1v) is 8.80. The van der Waals surface area contributed by atoms with Gasteiger partial charge in [-0.2, -0.15) is 0 Å². The minimum absolute atomic E-state index is 0.00944. The highest BCUT2D eigenvalue weighted by Gasteiger charge is 2.26. The van der Waals surface area contributed by atoms with Crippen LogP contribution in [0.2, 0.25) is 5.02 Å². The molecule has 1 aromatic rings. The van der Waals surface area contributed by atoms with E-state index in [2.05, 4.69) is 10.6 Å². The Balaban J connectivity index is 1.81. The Morgan fingerprint density at radius 2 is 1.88 bits per heavy atom. The molecule has 1 aromatic carbocycles. The number of hydrogen-bond acceptors (Lipinski definition) is 3. The van der Waals surface area contributed by atoms with Gasteiger partial charge in [-0.25, -0.2) is 4.39 Å².